The van der Waals surface area contributed by atoms with Crippen molar-refractivity contribution in [2.45, 2.75) is 12.8 Å². The molecule has 0 unspecified atom stereocenters. The molecule has 7 nitrogen and oxygen atoms in total. The van der Waals surface area contributed by atoms with Crippen molar-refractivity contribution in [1.29, 1.82) is 0 Å². The van der Waals surface area contributed by atoms with Crippen molar-refractivity contribution in [3.8, 4) is 0 Å². The summed E-state index contributed by atoms with van der Waals surface area (Å²) >= 11 is 0. The lowest BCUT2D eigenvalue weighted by Gasteiger charge is -2.30. The first-order valence-corrected chi connectivity index (χ1v) is 6.98. The van der Waals surface area contributed by atoms with Gasteiger partial charge in [0.25, 0.3) is 11.5 Å². The van der Waals surface area contributed by atoms with Crippen molar-refractivity contribution in [3.05, 3.63) is 56.4 Å². The minimum absolute atomic E-state index is 0. The smallest absolute Gasteiger partial charge is 0.328 e. The summed E-state index contributed by atoms with van der Waals surface area (Å²) in [7, 11) is 1.48. The minimum Gasteiger partial charge on any atom is -0.398 e. The molecular formula is C15H17ClN4O3. The van der Waals surface area contributed by atoms with E-state index in [2.05, 4.69) is 4.98 Å². The second-order valence-electron chi connectivity index (χ2n) is 5.32. The van der Waals surface area contributed by atoms with E-state index in [-0.39, 0.29) is 18.0 Å². The van der Waals surface area contributed by atoms with Gasteiger partial charge in [-0.25, -0.2) is 4.79 Å². The number of rotatable bonds is 1. The van der Waals surface area contributed by atoms with E-state index in [1.54, 1.807) is 17.0 Å². The van der Waals surface area contributed by atoms with Gasteiger partial charge in [-0.15, -0.1) is 12.4 Å². The van der Waals surface area contributed by atoms with Gasteiger partial charge in [0, 0.05) is 31.2 Å². The number of nitrogens with one attached hydrogen (secondary N) is 1. The lowest BCUT2D eigenvalue weighted by atomic mass is 9.99. The van der Waals surface area contributed by atoms with Gasteiger partial charge in [0.05, 0.1) is 0 Å². The minimum atomic E-state index is -0.677. The number of nitrogens with zero attached hydrogens (tertiary/aromatic N) is 2. The number of hydrogen-bond acceptors (Lipinski definition) is 4. The van der Waals surface area contributed by atoms with Crippen LogP contribution in [0.25, 0.3) is 0 Å². The molecule has 0 radical (unpaired) electrons. The van der Waals surface area contributed by atoms with Crippen LogP contribution >= 0.6 is 12.4 Å². The molecule has 1 aliphatic rings. The van der Waals surface area contributed by atoms with Crippen LogP contribution in [0.1, 0.15) is 22.3 Å². The number of amides is 1. The van der Waals surface area contributed by atoms with E-state index >= 15 is 0 Å². The molecule has 2 aromatic rings. The van der Waals surface area contributed by atoms with Crippen LogP contribution in [0.15, 0.2) is 34.0 Å². The van der Waals surface area contributed by atoms with Crippen molar-refractivity contribution in [2.24, 2.45) is 7.05 Å². The Balaban J connectivity index is 0.00000192. The second kappa shape index (κ2) is 6.29. The van der Waals surface area contributed by atoms with Crippen molar-refractivity contribution in [3.63, 3.8) is 0 Å². The van der Waals surface area contributed by atoms with Crippen LogP contribution in [0.5, 0.6) is 0 Å². The quantitative estimate of drug-likeness (QED) is 0.747. The van der Waals surface area contributed by atoms with Gasteiger partial charge in [-0.05, 0) is 30.5 Å². The molecule has 122 valence electrons. The number of H-pyrrole nitrogens is 1. The van der Waals surface area contributed by atoms with Gasteiger partial charge in [0.2, 0.25) is 0 Å². The van der Waals surface area contributed by atoms with Crippen molar-refractivity contribution in [2.75, 3.05) is 17.2 Å². The van der Waals surface area contributed by atoms with E-state index in [0.717, 1.165) is 24.1 Å². The highest BCUT2D eigenvalue weighted by atomic mass is 35.5. The molecule has 1 aromatic heterocycles. The molecule has 3 rings (SSSR count). The number of aryl methyl sites for hydroxylation is 1. The van der Waals surface area contributed by atoms with Gasteiger partial charge < -0.3 is 15.2 Å². The van der Waals surface area contributed by atoms with Gasteiger partial charge in [-0.2, -0.15) is 0 Å². The standard InChI is InChI=1S/C15H16N4O3.ClH/c1-18-8-10(13(20)17-15(18)22)14(21)19-7-3-4-9-11(16)5-2-6-12(9)19;/h2,5-6,8H,3-4,7,16H2,1H3,(H,17,20,22);1H. The summed E-state index contributed by atoms with van der Waals surface area (Å²) in [4.78, 5) is 39.7. The van der Waals surface area contributed by atoms with E-state index in [9.17, 15) is 14.4 Å². The Morgan fingerprint density at radius 3 is 2.78 bits per heavy atom. The Hall–Kier alpha value is -2.54. The largest absolute Gasteiger partial charge is 0.398 e. The van der Waals surface area contributed by atoms with Crippen molar-refractivity contribution in [1.82, 2.24) is 9.55 Å². The van der Waals surface area contributed by atoms with Crippen LogP contribution in [-0.2, 0) is 13.5 Å². The third-order valence-corrected chi connectivity index (χ3v) is 3.87. The third kappa shape index (κ3) is 2.87. The fourth-order valence-electron chi connectivity index (χ4n) is 2.72. The van der Waals surface area contributed by atoms with Crippen LogP contribution in [0.3, 0.4) is 0 Å². The molecule has 1 aromatic carbocycles. The Labute approximate surface area is 138 Å². The van der Waals surface area contributed by atoms with Crippen LogP contribution in [-0.4, -0.2) is 22.0 Å². The predicted molar refractivity (Wildman–Crippen MR) is 90.4 cm³/mol. The Kier molecular flexibility index (Phi) is 4.60. The van der Waals surface area contributed by atoms with Gasteiger partial charge in [-0.1, -0.05) is 6.07 Å². The number of carbonyl (C=O) groups is 1. The molecule has 0 atom stereocenters. The molecule has 3 N–H and O–H groups in total. The molecule has 0 spiro atoms. The summed E-state index contributed by atoms with van der Waals surface area (Å²) in [5, 5.41) is 0. The zero-order valence-electron chi connectivity index (χ0n) is 12.5. The number of hydrogen-bond donors (Lipinski definition) is 2. The number of nitrogens with two attached hydrogens (primary N) is 1. The summed E-state index contributed by atoms with van der Waals surface area (Å²) in [6.45, 7) is 0.511. The van der Waals surface area contributed by atoms with Crippen molar-refractivity contribution < 1.29 is 4.79 Å². The van der Waals surface area contributed by atoms with Gasteiger partial charge in [-0.3, -0.25) is 14.6 Å². The molecule has 23 heavy (non-hydrogen) atoms. The fraction of sp³-hybridized carbons (Fsp3) is 0.267. The van der Waals surface area contributed by atoms with Crippen molar-refractivity contribution >= 4 is 29.7 Å². The number of aromatic amines is 1. The lowest BCUT2D eigenvalue weighted by molar-refractivity contribution is 0.0982. The maximum absolute atomic E-state index is 12.7. The zero-order valence-corrected chi connectivity index (χ0v) is 13.4. The first-order valence-electron chi connectivity index (χ1n) is 6.98. The first kappa shape index (κ1) is 16.8. The summed E-state index contributed by atoms with van der Waals surface area (Å²) in [5.74, 6) is -0.427. The average Bonchev–Trinajstić information content (AvgIpc) is 2.50. The third-order valence-electron chi connectivity index (χ3n) is 3.87. The molecule has 1 aliphatic heterocycles. The van der Waals surface area contributed by atoms with Gasteiger partial charge in [0.1, 0.15) is 5.56 Å². The molecule has 0 bridgehead atoms. The van der Waals surface area contributed by atoms with Crippen LogP contribution in [0.2, 0.25) is 0 Å². The summed E-state index contributed by atoms with van der Waals surface area (Å²) in [5.41, 5.74) is 6.97. The van der Waals surface area contributed by atoms with Gasteiger partial charge in [0.15, 0.2) is 0 Å². The summed E-state index contributed by atoms with van der Waals surface area (Å²) < 4.78 is 1.18. The Morgan fingerprint density at radius 2 is 2.04 bits per heavy atom. The number of carbonyl (C=O) groups excluding carboxylic acids is 1. The number of nitrogen functional groups attached to an aromatic ring is 1. The first-order chi connectivity index (χ1) is 10.5. The maximum Gasteiger partial charge on any atom is 0.328 e. The highest BCUT2D eigenvalue weighted by Crippen LogP contribution is 2.31. The molecule has 1 amide bonds. The van der Waals surface area contributed by atoms with Crippen LogP contribution in [0, 0.1) is 0 Å². The molecule has 2 heterocycles. The molecule has 8 heteroatoms. The van der Waals surface area contributed by atoms with E-state index in [1.165, 1.54) is 17.8 Å². The lowest BCUT2D eigenvalue weighted by Crippen LogP contribution is -2.41. The number of aromatic nitrogens is 2. The molecule has 0 saturated carbocycles. The number of benzene rings is 1. The normalized spacial score (nSPS) is 13.2. The topological polar surface area (TPSA) is 101 Å². The average molecular weight is 337 g/mol. The highest BCUT2D eigenvalue weighted by molar-refractivity contribution is 6.06. The predicted octanol–water partition coefficient (Wildman–Crippen LogP) is 0.671. The molecule has 0 saturated heterocycles. The van der Waals surface area contributed by atoms with Crippen LogP contribution < -0.4 is 21.9 Å². The monoisotopic (exact) mass is 336 g/mol. The second-order valence-corrected chi connectivity index (χ2v) is 5.32. The molecule has 0 fully saturated rings. The molecular weight excluding hydrogens is 320 g/mol. The maximum atomic E-state index is 12.7. The van der Waals surface area contributed by atoms with Gasteiger partial charge >= 0.3 is 5.69 Å². The number of halogens is 1. The summed E-state index contributed by atoms with van der Waals surface area (Å²) in [6, 6.07) is 5.40. The van der Waals surface area contributed by atoms with Crippen LogP contribution in [0.4, 0.5) is 11.4 Å². The number of fused-ring (bicyclic) bond motifs is 1. The zero-order chi connectivity index (χ0) is 15.9. The van der Waals surface area contributed by atoms with E-state index in [0.29, 0.717) is 12.2 Å². The van der Waals surface area contributed by atoms with E-state index < -0.39 is 17.2 Å². The van der Waals surface area contributed by atoms with E-state index in [1.807, 2.05) is 6.07 Å². The number of anilines is 2. The Bertz CT molecular complexity index is 872. The summed E-state index contributed by atoms with van der Waals surface area (Å²) in [6.07, 6.45) is 2.84. The fourth-order valence-corrected chi connectivity index (χ4v) is 2.72. The SMILES string of the molecule is Cl.Cn1cc(C(=O)N2CCCc3c(N)cccc32)c(=O)[nH]c1=O. The molecule has 0 aliphatic carbocycles. The van der Waals surface area contributed by atoms with E-state index in [4.69, 9.17) is 5.73 Å². The highest BCUT2D eigenvalue weighted by Gasteiger charge is 2.26. The Morgan fingerprint density at radius 1 is 1.30 bits per heavy atom.